The molecule has 2 aliphatic rings. The third kappa shape index (κ3) is 1.85. The van der Waals surface area contributed by atoms with E-state index in [1.165, 1.54) is 0 Å². The predicted octanol–water partition coefficient (Wildman–Crippen LogP) is 3.33. The van der Waals surface area contributed by atoms with E-state index in [1.54, 1.807) is 24.7 Å². The van der Waals surface area contributed by atoms with E-state index in [-0.39, 0.29) is 0 Å². The molecule has 2 aromatic heterocycles. The van der Waals surface area contributed by atoms with Gasteiger partial charge in [-0.25, -0.2) is 15.0 Å². The van der Waals surface area contributed by atoms with Gasteiger partial charge in [-0.15, -0.1) is 5.10 Å². The maximum absolute atomic E-state index is 5.84. The molecule has 6 heteroatoms. The second kappa shape index (κ2) is 4.54. The predicted molar refractivity (Wildman–Crippen MR) is 84.8 cm³/mol. The molecule has 0 bridgehead atoms. The van der Waals surface area contributed by atoms with Crippen molar-refractivity contribution in [3.05, 3.63) is 55.0 Å². The highest BCUT2D eigenvalue weighted by Gasteiger charge is 2.13. The Hall–Kier alpha value is -3.41. The molecule has 0 radical (unpaired) electrons. The van der Waals surface area contributed by atoms with Gasteiger partial charge in [0.05, 0.1) is 11.7 Å². The lowest BCUT2D eigenvalue weighted by Gasteiger charge is -2.06. The number of fused-ring (bicyclic) bond motifs is 4. The van der Waals surface area contributed by atoms with E-state index < -0.39 is 0 Å². The van der Waals surface area contributed by atoms with Gasteiger partial charge in [0, 0.05) is 23.2 Å². The molecule has 2 aliphatic heterocycles. The number of hydrogen-bond acceptors (Lipinski definition) is 6. The summed E-state index contributed by atoms with van der Waals surface area (Å²) >= 11 is 0. The van der Waals surface area contributed by atoms with E-state index in [0.717, 1.165) is 27.6 Å². The minimum atomic E-state index is 0.595. The van der Waals surface area contributed by atoms with Gasteiger partial charge in [0.2, 0.25) is 0 Å². The second-order valence-electron chi connectivity index (χ2n) is 5.16. The largest absolute Gasteiger partial charge is 0.453 e. The molecule has 0 spiro atoms. The fourth-order valence-corrected chi connectivity index (χ4v) is 2.67. The Labute approximate surface area is 130 Å². The molecule has 108 valence electrons. The monoisotopic (exact) mass is 299 g/mol. The Bertz CT molecular complexity index is 1120. The Morgan fingerprint density at radius 3 is 2.70 bits per heavy atom. The van der Waals surface area contributed by atoms with Crippen molar-refractivity contribution in [1.29, 1.82) is 0 Å². The van der Waals surface area contributed by atoms with Crippen LogP contribution in [0.2, 0.25) is 0 Å². The van der Waals surface area contributed by atoms with Gasteiger partial charge in [-0.2, -0.15) is 5.10 Å². The summed E-state index contributed by atoms with van der Waals surface area (Å²) in [6.45, 7) is 0. The molecule has 1 aromatic carbocycles. The minimum Gasteiger partial charge on any atom is -0.453 e. The first kappa shape index (κ1) is 12.2. The number of benzene rings is 1. The zero-order chi connectivity index (χ0) is 15.2. The molecular formula is C17H9N5O. The van der Waals surface area contributed by atoms with E-state index in [0.29, 0.717) is 17.3 Å². The van der Waals surface area contributed by atoms with Gasteiger partial charge in [-0.1, -0.05) is 6.07 Å². The van der Waals surface area contributed by atoms with Gasteiger partial charge in [-0.05, 0) is 30.3 Å². The van der Waals surface area contributed by atoms with Crippen LogP contribution < -0.4 is 0 Å². The standard InChI is InChI=1S/C17H9N5O/c1-6-18-17(19-7-1)12-4-2-10-3-5-14-11(16(10)21-12)8-13-15(23-14)9-20-22-13/h1-9H. The molecule has 0 amide bonds. The molecule has 3 aromatic rings. The van der Waals surface area contributed by atoms with Gasteiger partial charge in [0.15, 0.2) is 11.6 Å². The molecule has 4 heterocycles. The number of aromatic nitrogens is 5. The van der Waals surface area contributed by atoms with E-state index in [9.17, 15) is 0 Å². The first-order valence-electron chi connectivity index (χ1n) is 7.10. The van der Waals surface area contributed by atoms with Crippen molar-refractivity contribution < 1.29 is 4.42 Å². The first-order chi connectivity index (χ1) is 11.4. The normalized spacial score (nSPS) is 11.5. The molecule has 0 atom stereocenters. The molecule has 0 aliphatic carbocycles. The Morgan fingerprint density at radius 2 is 1.78 bits per heavy atom. The highest BCUT2D eigenvalue weighted by molar-refractivity contribution is 6.04. The average Bonchev–Trinajstić information content (AvgIpc) is 3.07. The van der Waals surface area contributed by atoms with Crippen molar-refractivity contribution in [1.82, 2.24) is 25.1 Å². The first-order valence-corrected chi connectivity index (χ1v) is 7.10. The molecule has 0 saturated carbocycles. The Balaban J connectivity index is 1.86. The van der Waals surface area contributed by atoms with Gasteiger partial charge >= 0.3 is 0 Å². The lowest BCUT2D eigenvalue weighted by atomic mass is 10.1. The molecule has 0 N–H and O–H groups in total. The van der Waals surface area contributed by atoms with Crippen LogP contribution in [0.15, 0.2) is 59.4 Å². The van der Waals surface area contributed by atoms with Crippen LogP contribution in [0.1, 0.15) is 0 Å². The van der Waals surface area contributed by atoms with Crippen LogP contribution in [-0.2, 0) is 0 Å². The van der Waals surface area contributed by atoms with Crippen molar-refractivity contribution in [3.8, 4) is 23.0 Å². The fraction of sp³-hybridized carbons (Fsp3) is 0. The summed E-state index contributed by atoms with van der Waals surface area (Å²) in [5.41, 5.74) is 3.02. The Morgan fingerprint density at radius 1 is 0.913 bits per heavy atom. The lowest BCUT2D eigenvalue weighted by molar-refractivity contribution is 0.620. The van der Waals surface area contributed by atoms with Crippen LogP contribution in [0.3, 0.4) is 0 Å². The van der Waals surface area contributed by atoms with Crippen LogP contribution >= 0.6 is 0 Å². The van der Waals surface area contributed by atoms with Crippen LogP contribution in [0.4, 0.5) is 0 Å². The van der Waals surface area contributed by atoms with Gasteiger partial charge in [0.25, 0.3) is 0 Å². The summed E-state index contributed by atoms with van der Waals surface area (Å²) in [5, 5.41) is 9.86. The zero-order valence-corrected chi connectivity index (χ0v) is 11.8. The molecule has 23 heavy (non-hydrogen) atoms. The van der Waals surface area contributed by atoms with E-state index in [4.69, 9.17) is 9.40 Å². The van der Waals surface area contributed by atoms with Crippen molar-refractivity contribution in [2.45, 2.75) is 0 Å². The fourth-order valence-electron chi connectivity index (χ4n) is 2.67. The molecule has 6 nitrogen and oxygen atoms in total. The third-order valence-electron chi connectivity index (χ3n) is 3.75. The maximum Gasteiger partial charge on any atom is 0.178 e. The topological polar surface area (TPSA) is 77.6 Å². The number of rotatable bonds is 1. The average molecular weight is 299 g/mol. The summed E-state index contributed by atoms with van der Waals surface area (Å²) in [7, 11) is 0. The molecule has 0 unspecified atom stereocenters. The number of nitrogens with zero attached hydrogens (tertiary/aromatic N) is 5. The Kier molecular flexibility index (Phi) is 2.40. The van der Waals surface area contributed by atoms with Crippen LogP contribution in [0.25, 0.3) is 44.8 Å². The molecular weight excluding hydrogens is 290 g/mol. The van der Waals surface area contributed by atoms with Gasteiger partial charge in [0.1, 0.15) is 17.0 Å². The smallest absolute Gasteiger partial charge is 0.178 e. The molecule has 0 fully saturated rings. The van der Waals surface area contributed by atoms with Crippen molar-refractivity contribution in [2.75, 3.05) is 0 Å². The van der Waals surface area contributed by atoms with Crippen molar-refractivity contribution >= 4 is 21.9 Å². The zero-order valence-electron chi connectivity index (χ0n) is 11.8. The highest BCUT2D eigenvalue weighted by Crippen LogP contribution is 2.31. The van der Waals surface area contributed by atoms with Crippen LogP contribution in [-0.4, -0.2) is 25.1 Å². The molecule has 5 rings (SSSR count). The van der Waals surface area contributed by atoms with Crippen molar-refractivity contribution in [2.24, 2.45) is 0 Å². The summed E-state index contributed by atoms with van der Waals surface area (Å²) in [4.78, 5) is 13.2. The van der Waals surface area contributed by atoms with E-state index in [2.05, 4.69) is 20.2 Å². The van der Waals surface area contributed by atoms with E-state index in [1.807, 2.05) is 30.3 Å². The summed E-state index contributed by atoms with van der Waals surface area (Å²) < 4.78 is 5.84. The maximum atomic E-state index is 5.84. The lowest BCUT2D eigenvalue weighted by Crippen LogP contribution is -1.92. The minimum absolute atomic E-state index is 0.595. The molecule has 0 saturated heterocycles. The number of hydrogen-bond donors (Lipinski definition) is 0. The third-order valence-corrected chi connectivity index (χ3v) is 3.75. The second-order valence-corrected chi connectivity index (χ2v) is 5.16. The summed E-state index contributed by atoms with van der Waals surface area (Å²) in [5.74, 6) is 1.26. The van der Waals surface area contributed by atoms with Crippen LogP contribution in [0, 0.1) is 0 Å². The van der Waals surface area contributed by atoms with Crippen molar-refractivity contribution in [3.63, 3.8) is 0 Å². The van der Waals surface area contributed by atoms with E-state index >= 15 is 0 Å². The summed E-state index contributed by atoms with van der Waals surface area (Å²) in [6, 6.07) is 11.6. The SMILES string of the molecule is c1cnc(-c2ccc3ccc4oc5cnnc-5cc4c3n2)nc1. The van der Waals surface area contributed by atoms with Gasteiger partial charge < -0.3 is 4.42 Å². The highest BCUT2D eigenvalue weighted by atomic mass is 16.3. The number of pyridine rings is 1. The van der Waals surface area contributed by atoms with Crippen LogP contribution in [0.5, 0.6) is 0 Å². The quantitative estimate of drug-likeness (QED) is 0.442. The van der Waals surface area contributed by atoms with Gasteiger partial charge in [-0.3, -0.25) is 0 Å². The summed E-state index contributed by atoms with van der Waals surface area (Å²) in [6.07, 6.45) is 5.02.